The van der Waals surface area contributed by atoms with Gasteiger partial charge in [0.2, 0.25) is 5.75 Å². The predicted molar refractivity (Wildman–Crippen MR) is 84.2 cm³/mol. The number of methoxy groups -OCH3 is 1. The van der Waals surface area contributed by atoms with Crippen LogP contribution in [-0.2, 0) is 14.6 Å². The fourth-order valence-electron chi connectivity index (χ4n) is 1.96. The molecule has 0 fully saturated rings. The van der Waals surface area contributed by atoms with Gasteiger partial charge in [0.1, 0.15) is 5.75 Å². The summed E-state index contributed by atoms with van der Waals surface area (Å²) in [6.07, 6.45) is 0. The molecule has 0 radical (unpaired) electrons. The molecule has 0 aliphatic rings. The molecule has 0 aliphatic heterocycles. The number of rotatable bonds is 5. The molecule has 2 aromatic rings. The third-order valence-corrected chi connectivity index (χ3v) is 4.71. The van der Waals surface area contributed by atoms with Gasteiger partial charge in [0, 0.05) is 6.07 Å². The second kappa shape index (κ2) is 7.23. The van der Waals surface area contributed by atoms with Gasteiger partial charge in [-0.05, 0) is 30.3 Å². The van der Waals surface area contributed by atoms with Crippen LogP contribution in [0.1, 0.15) is 10.4 Å². The second-order valence-electron chi connectivity index (χ2n) is 4.96. The van der Waals surface area contributed by atoms with E-state index in [1.165, 1.54) is 24.3 Å². The van der Waals surface area contributed by atoms with Crippen LogP contribution in [-0.4, -0.2) is 31.9 Å². The Bertz CT molecular complexity index is 1000. The maximum Gasteiger partial charge on any atom is 0.501 e. The Morgan fingerprint density at radius 2 is 1.81 bits per heavy atom. The summed E-state index contributed by atoms with van der Waals surface area (Å²) in [4.78, 5) is 20.2. The van der Waals surface area contributed by atoms with E-state index in [0.717, 1.165) is 13.2 Å². The minimum Gasteiger partial charge on any atom is -0.465 e. The number of esters is 1. The predicted octanol–water partition coefficient (Wildman–Crippen LogP) is 3.47. The van der Waals surface area contributed by atoms with Crippen molar-refractivity contribution < 1.29 is 40.8 Å². The lowest BCUT2D eigenvalue weighted by Gasteiger charge is -2.10. The molecule has 0 unspecified atom stereocenters. The zero-order chi connectivity index (χ0) is 20.4. The van der Waals surface area contributed by atoms with Crippen LogP contribution in [0.3, 0.4) is 0 Å². The lowest BCUT2D eigenvalue weighted by Crippen LogP contribution is -2.23. The maximum absolute atomic E-state index is 12.6. The molecule has 27 heavy (non-hydrogen) atoms. The summed E-state index contributed by atoms with van der Waals surface area (Å²) in [6.45, 7) is 0. The molecule has 0 amide bonds. The van der Waals surface area contributed by atoms with Crippen molar-refractivity contribution in [1.29, 1.82) is 0 Å². The highest BCUT2D eigenvalue weighted by Crippen LogP contribution is 2.37. The highest BCUT2D eigenvalue weighted by atomic mass is 32.2. The zero-order valence-corrected chi connectivity index (χ0v) is 14.2. The van der Waals surface area contributed by atoms with E-state index in [-0.39, 0.29) is 17.4 Å². The summed E-state index contributed by atoms with van der Waals surface area (Å²) in [5.74, 6) is -1.27. The van der Waals surface area contributed by atoms with E-state index >= 15 is 0 Å². The SMILES string of the molecule is COC(=O)c1cccc(Oc2ccc(S(=O)(=O)C(F)(F)F)cc2[N+](=O)[O-])c1. The molecule has 2 aromatic carbocycles. The molecular formula is C15H10F3NO7S. The summed E-state index contributed by atoms with van der Waals surface area (Å²) >= 11 is 0. The Morgan fingerprint density at radius 1 is 1.15 bits per heavy atom. The number of carbonyl (C=O) groups is 1. The maximum atomic E-state index is 12.6. The van der Waals surface area contributed by atoms with Crippen LogP contribution in [0.5, 0.6) is 11.5 Å². The van der Waals surface area contributed by atoms with E-state index in [1.807, 2.05) is 0 Å². The number of benzene rings is 2. The first-order valence-corrected chi connectivity index (χ1v) is 8.41. The number of alkyl halides is 3. The monoisotopic (exact) mass is 405 g/mol. The quantitative estimate of drug-likeness (QED) is 0.425. The van der Waals surface area contributed by atoms with Crippen molar-refractivity contribution in [3.05, 3.63) is 58.1 Å². The molecule has 0 atom stereocenters. The van der Waals surface area contributed by atoms with Crippen molar-refractivity contribution in [3.63, 3.8) is 0 Å². The van der Waals surface area contributed by atoms with Crippen LogP contribution in [0.4, 0.5) is 18.9 Å². The Labute approximate surface area is 150 Å². The highest BCUT2D eigenvalue weighted by Gasteiger charge is 2.47. The van der Waals surface area contributed by atoms with Crippen LogP contribution < -0.4 is 4.74 Å². The fraction of sp³-hybridized carbons (Fsp3) is 0.133. The smallest absolute Gasteiger partial charge is 0.465 e. The highest BCUT2D eigenvalue weighted by molar-refractivity contribution is 7.92. The lowest BCUT2D eigenvalue weighted by molar-refractivity contribution is -0.385. The molecular weight excluding hydrogens is 395 g/mol. The van der Waals surface area contributed by atoms with E-state index in [9.17, 15) is 36.5 Å². The van der Waals surface area contributed by atoms with Crippen molar-refractivity contribution in [2.45, 2.75) is 10.4 Å². The third kappa shape index (κ3) is 4.16. The number of sulfone groups is 1. The molecule has 0 heterocycles. The molecule has 0 saturated carbocycles. The van der Waals surface area contributed by atoms with E-state index in [0.29, 0.717) is 6.07 Å². The van der Waals surface area contributed by atoms with E-state index in [1.54, 1.807) is 0 Å². The van der Waals surface area contributed by atoms with Crippen molar-refractivity contribution in [2.24, 2.45) is 0 Å². The topological polar surface area (TPSA) is 113 Å². The molecule has 0 aromatic heterocycles. The number of hydrogen-bond acceptors (Lipinski definition) is 7. The molecule has 8 nitrogen and oxygen atoms in total. The summed E-state index contributed by atoms with van der Waals surface area (Å²) in [5, 5.41) is 11.1. The standard InChI is InChI=1S/C15H10F3NO7S/c1-25-14(20)9-3-2-4-10(7-9)26-13-6-5-11(8-12(13)19(21)22)27(23,24)15(16,17)18/h2-8H,1H3. The van der Waals surface area contributed by atoms with Gasteiger partial charge < -0.3 is 9.47 Å². The number of nitrogens with zero attached hydrogens (tertiary/aromatic N) is 1. The molecule has 0 aliphatic carbocycles. The number of nitro benzene ring substituents is 1. The first-order chi connectivity index (χ1) is 12.5. The first-order valence-electron chi connectivity index (χ1n) is 6.93. The first kappa shape index (κ1) is 20.2. The van der Waals surface area contributed by atoms with Crippen molar-refractivity contribution in [3.8, 4) is 11.5 Å². The van der Waals surface area contributed by atoms with Crippen molar-refractivity contribution in [2.75, 3.05) is 7.11 Å². The largest absolute Gasteiger partial charge is 0.501 e. The number of halogens is 3. The van der Waals surface area contributed by atoms with E-state index < -0.39 is 42.6 Å². The molecule has 0 spiro atoms. The van der Waals surface area contributed by atoms with Gasteiger partial charge in [0.15, 0.2) is 0 Å². The number of hydrogen-bond donors (Lipinski definition) is 0. The van der Waals surface area contributed by atoms with Crippen LogP contribution in [0.25, 0.3) is 0 Å². The molecule has 12 heteroatoms. The summed E-state index contributed by atoms with van der Waals surface area (Å²) in [7, 11) is -4.63. The molecule has 2 rings (SSSR count). The van der Waals surface area contributed by atoms with E-state index in [4.69, 9.17) is 4.74 Å². The van der Waals surface area contributed by atoms with Gasteiger partial charge in [-0.3, -0.25) is 10.1 Å². The Morgan fingerprint density at radius 3 is 2.37 bits per heavy atom. The molecule has 0 saturated heterocycles. The van der Waals surface area contributed by atoms with Crippen LogP contribution in [0.15, 0.2) is 47.4 Å². The van der Waals surface area contributed by atoms with Crippen LogP contribution >= 0.6 is 0 Å². The fourth-order valence-corrected chi connectivity index (χ4v) is 2.74. The lowest BCUT2D eigenvalue weighted by atomic mass is 10.2. The van der Waals surface area contributed by atoms with Gasteiger partial charge in [-0.1, -0.05) is 6.07 Å². The van der Waals surface area contributed by atoms with Gasteiger partial charge in [-0.15, -0.1) is 0 Å². The summed E-state index contributed by atoms with van der Waals surface area (Å²) < 4.78 is 70.4. The van der Waals surface area contributed by atoms with Gasteiger partial charge in [-0.25, -0.2) is 13.2 Å². The second-order valence-corrected chi connectivity index (χ2v) is 6.90. The van der Waals surface area contributed by atoms with Crippen LogP contribution in [0.2, 0.25) is 0 Å². The molecule has 0 bridgehead atoms. The van der Waals surface area contributed by atoms with Gasteiger partial charge in [0.05, 0.1) is 22.5 Å². The van der Waals surface area contributed by atoms with Gasteiger partial charge in [-0.2, -0.15) is 13.2 Å². The molecule has 0 N–H and O–H groups in total. The average molecular weight is 405 g/mol. The Kier molecular flexibility index (Phi) is 5.40. The minimum atomic E-state index is -5.76. The van der Waals surface area contributed by atoms with E-state index in [2.05, 4.69) is 4.74 Å². The summed E-state index contributed by atoms with van der Waals surface area (Å²) in [5.41, 5.74) is -6.55. The number of carbonyl (C=O) groups excluding carboxylic acids is 1. The Hall–Kier alpha value is -3.15. The van der Waals surface area contributed by atoms with Crippen LogP contribution in [0, 0.1) is 10.1 Å². The van der Waals surface area contributed by atoms with Gasteiger partial charge >= 0.3 is 17.2 Å². The number of nitro groups is 1. The molecule has 144 valence electrons. The minimum absolute atomic E-state index is 0.0487. The normalized spacial score (nSPS) is 11.7. The summed E-state index contributed by atoms with van der Waals surface area (Å²) in [6, 6.07) is 6.80. The average Bonchev–Trinajstić information content (AvgIpc) is 2.60. The van der Waals surface area contributed by atoms with Gasteiger partial charge in [0.25, 0.3) is 9.84 Å². The van der Waals surface area contributed by atoms with Crippen molar-refractivity contribution in [1.82, 2.24) is 0 Å². The van der Waals surface area contributed by atoms with Crippen molar-refractivity contribution >= 4 is 21.5 Å². The third-order valence-electron chi connectivity index (χ3n) is 3.23. The Balaban J connectivity index is 2.47. The number of ether oxygens (including phenoxy) is 2. The zero-order valence-electron chi connectivity index (χ0n) is 13.4.